The van der Waals surface area contributed by atoms with Crippen LogP contribution in [0.4, 0.5) is 0 Å². The second kappa shape index (κ2) is 9.67. The predicted molar refractivity (Wildman–Crippen MR) is 89.4 cm³/mol. The Bertz CT molecular complexity index is 560. The van der Waals surface area contributed by atoms with E-state index in [1.807, 2.05) is 32.0 Å². The molecule has 7 nitrogen and oxygen atoms in total. The van der Waals surface area contributed by atoms with Gasteiger partial charge in [0, 0.05) is 0 Å². The van der Waals surface area contributed by atoms with Crippen LogP contribution in [0.5, 0.6) is 0 Å². The molecule has 0 spiro atoms. The lowest BCUT2D eigenvalue weighted by Gasteiger charge is -2.20. The Morgan fingerprint density at radius 1 is 1.17 bits per heavy atom. The number of hydrogen-bond donors (Lipinski definition) is 3. The molecule has 5 N–H and O–H groups in total. The molecule has 1 rings (SSSR count). The molecule has 0 unspecified atom stereocenters. The number of esters is 1. The molecule has 0 aliphatic carbocycles. The molecular formula is C17H25N3O4. The third kappa shape index (κ3) is 7.23. The van der Waals surface area contributed by atoms with E-state index in [1.54, 1.807) is 12.1 Å². The van der Waals surface area contributed by atoms with Gasteiger partial charge in [0.1, 0.15) is 12.6 Å². The standard InChI is InChI=1S/C17H25N3O4/c1-11(2)8-13(18)16(22)20-14(9-15(19)21)17(23)24-10-12-6-4-3-5-7-12/h3-7,11,13-14H,8-10,18H2,1-2H3,(H2,19,21)(H,20,22)/t13-,14-/m1/s1. The number of rotatable bonds is 9. The second-order valence-corrected chi connectivity index (χ2v) is 6.06. The van der Waals surface area contributed by atoms with Gasteiger partial charge < -0.3 is 21.5 Å². The van der Waals surface area contributed by atoms with Crippen molar-refractivity contribution in [1.29, 1.82) is 0 Å². The summed E-state index contributed by atoms with van der Waals surface area (Å²) in [5.41, 5.74) is 11.7. The smallest absolute Gasteiger partial charge is 0.329 e. The summed E-state index contributed by atoms with van der Waals surface area (Å²) in [5.74, 6) is -1.71. The van der Waals surface area contributed by atoms with Gasteiger partial charge in [-0.2, -0.15) is 0 Å². The average Bonchev–Trinajstić information content (AvgIpc) is 2.51. The number of nitrogens with two attached hydrogens (primary N) is 2. The maximum absolute atomic E-state index is 12.1. The van der Waals surface area contributed by atoms with Crippen molar-refractivity contribution in [2.45, 2.75) is 45.4 Å². The summed E-state index contributed by atoms with van der Waals surface area (Å²) in [4.78, 5) is 35.3. The van der Waals surface area contributed by atoms with E-state index < -0.39 is 29.9 Å². The SMILES string of the molecule is CC(C)C[C@@H](N)C(=O)N[C@H](CC(N)=O)C(=O)OCc1ccccc1. The summed E-state index contributed by atoms with van der Waals surface area (Å²) in [7, 11) is 0. The summed E-state index contributed by atoms with van der Waals surface area (Å²) < 4.78 is 5.15. The van der Waals surface area contributed by atoms with Crippen LogP contribution in [0.3, 0.4) is 0 Å². The average molecular weight is 335 g/mol. The monoisotopic (exact) mass is 335 g/mol. The third-order valence-corrected chi connectivity index (χ3v) is 3.29. The molecule has 0 heterocycles. The van der Waals surface area contributed by atoms with Gasteiger partial charge in [-0.3, -0.25) is 9.59 Å². The topological polar surface area (TPSA) is 125 Å². The van der Waals surface area contributed by atoms with Crippen molar-refractivity contribution in [1.82, 2.24) is 5.32 Å². The molecule has 132 valence electrons. The first kappa shape index (κ1) is 19.6. The Kier molecular flexibility index (Phi) is 7.91. The summed E-state index contributed by atoms with van der Waals surface area (Å²) in [6, 6.07) is 7.17. The zero-order chi connectivity index (χ0) is 18.1. The minimum Gasteiger partial charge on any atom is -0.459 e. The van der Waals surface area contributed by atoms with Gasteiger partial charge in [0.2, 0.25) is 11.8 Å². The number of ether oxygens (including phenoxy) is 1. The first-order valence-corrected chi connectivity index (χ1v) is 7.84. The largest absolute Gasteiger partial charge is 0.459 e. The van der Waals surface area contributed by atoms with Crippen LogP contribution in [0.15, 0.2) is 30.3 Å². The van der Waals surface area contributed by atoms with Crippen molar-refractivity contribution in [2.24, 2.45) is 17.4 Å². The normalized spacial score (nSPS) is 13.2. The summed E-state index contributed by atoms with van der Waals surface area (Å²) in [5, 5.41) is 2.45. The predicted octanol–water partition coefficient (Wildman–Crippen LogP) is 0.463. The molecule has 0 aliphatic rings. The van der Waals surface area contributed by atoms with E-state index >= 15 is 0 Å². The van der Waals surface area contributed by atoms with Gasteiger partial charge in [-0.25, -0.2) is 4.79 Å². The van der Waals surface area contributed by atoms with Gasteiger partial charge in [0.25, 0.3) is 0 Å². The molecule has 0 bridgehead atoms. The van der Waals surface area contributed by atoms with E-state index in [4.69, 9.17) is 16.2 Å². The van der Waals surface area contributed by atoms with Crippen LogP contribution >= 0.6 is 0 Å². The molecule has 0 aliphatic heterocycles. The van der Waals surface area contributed by atoms with E-state index in [9.17, 15) is 14.4 Å². The van der Waals surface area contributed by atoms with Gasteiger partial charge in [-0.15, -0.1) is 0 Å². The van der Waals surface area contributed by atoms with Crippen LogP contribution in [-0.4, -0.2) is 29.9 Å². The molecule has 0 saturated heterocycles. The highest BCUT2D eigenvalue weighted by Gasteiger charge is 2.27. The van der Waals surface area contributed by atoms with E-state index in [-0.39, 0.29) is 18.9 Å². The molecule has 2 amide bonds. The third-order valence-electron chi connectivity index (χ3n) is 3.29. The number of amides is 2. The highest BCUT2D eigenvalue weighted by atomic mass is 16.5. The van der Waals surface area contributed by atoms with Gasteiger partial charge >= 0.3 is 5.97 Å². The van der Waals surface area contributed by atoms with Crippen LogP contribution in [0.1, 0.15) is 32.3 Å². The molecule has 0 fully saturated rings. The number of hydrogen-bond acceptors (Lipinski definition) is 5. The molecule has 1 aromatic rings. The summed E-state index contributed by atoms with van der Waals surface area (Å²) in [6.45, 7) is 3.91. The number of primary amides is 1. The van der Waals surface area contributed by atoms with Crippen molar-refractivity contribution < 1.29 is 19.1 Å². The first-order valence-electron chi connectivity index (χ1n) is 7.84. The highest BCUT2D eigenvalue weighted by Crippen LogP contribution is 2.06. The minimum absolute atomic E-state index is 0.0445. The zero-order valence-corrected chi connectivity index (χ0v) is 14.0. The summed E-state index contributed by atoms with van der Waals surface area (Å²) in [6.07, 6.45) is 0.127. The Morgan fingerprint density at radius 2 is 1.79 bits per heavy atom. The van der Waals surface area contributed by atoms with Crippen molar-refractivity contribution in [3.05, 3.63) is 35.9 Å². The number of nitrogens with one attached hydrogen (secondary N) is 1. The fourth-order valence-electron chi connectivity index (χ4n) is 2.12. The lowest BCUT2D eigenvalue weighted by atomic mass is 10.0. The molecule has 0 saturated carbocycles. The fraction of sp³-hybridized carbons (Fsp3) is 0.471. The van der Waals surface area contributed by atoms with Gasteiger partial charge in [-0.05, 0) is 17.9 Å². The van der Waals surface area contributed by atoms with Crippen molar-refractivity contribution in [3.63, 3.8) is 0 Å². The van der Waals surface area contributed by atoms with E-state index in [2.05, 4.69) is 5.32 Å². The second-order valence-electron chi connectivity index (χ2n) is 6.06. The van der Waals surface area contributed by atoms with Crippen LogP contribution in [0.25, 0.3) is 0 Å². The lowest BCUT2D eigenvalue weighted by Crippen LogP contribution is -2.50. The molecule has 0 aromatic heterocycles. The van der Waals surface area contributed by atoms with Crippen molar-refractivity contribution in [3.8, 4) is 0 Å². The van der Waals surface area contributed by atoms with Gasteiger partial charge in [0.05, 0.1) is 12.5 Å². The summed E-state index contributed by atoms with van der Waals surface area (Å²) >= 11 is 0. The van der Waals surface area contributed by atoms with E-state index in [0.29, 0.717) is 6.42 Å². The minimum atomic E-state index is -1.14. The van der Waals surface area contributed by atoms with Crippen LogP contribution < -0.4 is 16.8 Å². The number of carbonyl (C=O) groups excluding carboxylic acids is 3. The van der Waals surface area contributed by atoms with Crippen molar-refractivity contribution >= 4 is 17.8 Å². The zero-order valence-electron chi connectivity index (χ0n) is 14.0. The van der Waals surface area contributed by atoms with Crippen molar-refractivity contribution in [2.75, 3.05) is 0 Å². The molecular weight excluding hydrogens is 310 g/mol. The number of benzene rings is 1. The van der Waals surface area contributed by atoms with Crippen LogP contribution in [-0.2, 0) is 25.7 Å². The Labute approximate surface area is 141 Å². The van der Waals surface area contributed by atoms with E-state index in [0.717, 1.165) is 5.56 Å². The fourth-order valence-corrected chi connectivity index (χ4v) is 2.12. The molecule has 0 radical (unpaired) electrons. The van der Waals surface area contributed by atoms with E-state index in [1.165, 1.54) is 0 Å². The molecule has 2 atom stereocenters. The molecule has 1 aromatic carbocycles. The lowest BCUT2D eigenvalue weighted by molar-refractivity contribution is -0.150. The maximum Gasteiger partial charge on any atom is 0.329 e. The molecule has 24 heavy (non-hydrogen) atoms. The van der Waals surface area contributed by atoms with Gasteiger partial charge in [0.15, 0.2) is 0 Å². The Balaban J connectivity index is 2.64. The Morgan fingerprint density at radius 3 is 2.33 bits per heavy atom. The first-order chi connectivity index (χ1) is 11.3. The van der Waals surface area contributed by atoms with Gasteiger partial charge in [-0.1, -0.05) is 44.2 Å². The maximum atomic E-state index is 12.1. The Hall–Kier alpha value is -2.41. The van der Waals surface area contributed by atoms with Crippen LogP contribution in [0, 0.1) is 5.92 Å². The number of carbonyl (C=O) groups is 3. The quantitative estimate of drug-likeness (QED) is 0.566. The molecule has 7 heteroatoms. The van der Waals surface area contributed by atoms with Crippen LogP contribution in [0.2, 0.25) is 0 Å². The highest BCUT2D eigenvalue weighted by molar-refractivity contribution is 5.90.